The molecule has 12 rings (SSSR count). The van der Waals surface area contributed by atoms with E-state index in [1.54, 1.807) is 45.8 Å². The molecule has 4 N–H and O–H groups in total. The van der Waals surface area contributed by atoms with Gasteiger partial charge in [0.15, 0.2) is 11.4 Å². The molecule has 84 heavy (non-hydrogen) atoms. The number of aryl methyl sites for hydroxylation is 2. The van der Waals surface area contributed by atoms with Gasteiger partial charge in [-0.1, -0.05) is 12.1 Å². The lowest BCUT2D eigenvalue weighted by Crippen LogP contribution is -2.07. The van der Waals surface area contributed by atoms with Crippen molar-refractivity contribution < 1.29 is 54.9 Å². The van der Waals surface area contributed by atoms with Crippen molar-refractivity contribution in [1.29, 1.82) is 0 Å². The lowest BCUT2D eigenvalue weighted by molar-refractivity contribution is 0.0680. The maximum Gasteiger partial charge on any atom is 0.355 e. The number of carboxylic acid groups (broad SMARTS) is 2. The van der Waals surface area contributed by atoms with Crippen molar-refractivity contribution in [2.24, 2.45) is 11.8 Å². The smallest absolute Gasteiger partial charge is 0.355 e. The number of aromatic nitrogens is 6. The quantitative estimate of drug-likeness (QED) is 0.0412. The first-order valence-electron chi connectivity index (χ1n) is 25.9. The van der Waals surface area contributed by atoms with E-state index in [0.717, 1.165) is 91.8 Å². The summed E-state index contributed by atoms with van der Waals surface area (Å²) < 4.78 is 111. The van der Waals surface area contributed by atoms with Crippen LogP contribution in [-0.2, 0) is 48.2 Å². The summed E-state index contributed by atoms with van der Waals surface area (Å²) in [7, 11) is 0. The average Bonchev–Trinajstić information content (AvgIpc) is 1.92. The molecule has 0 aliphatic heterocycles. The van der Waals surface area contributed by atoms with Crippen LogP contribution in [0.4, 0.5) is 28.9 Å². The van der Waals surface area contributed by atoms with Crippen LogP contribution in [-0.4, -0.2) is 69.2 Å². The summed E-state index contributed by atoms with van der Waals surface area (Å²) in [4.78, 5) is 33.3. The molecule has 4 aromatic carbocycles. The number of benzene rings is 4. The number of nitrogens with one attached hydrogen (secondary N) is 2. The third-order valence-corrected chi connectivity index (χ3v) is 18.6. The molecule has 16 nitrogen and oxygen atoms in total. The molecule has 2 saturated carbocycles. The summed E-state index contributed by atoms with van der Waals surface area (Å²) >= 11 is -0.185. The van der Waals surface area contributed by atoms with Gasteiger partial charge in [0.1, 0.15) is 23.3 Å². The minimum absolute atomic E-state index is 0.0935. The zero-order valence-electron chi connectivity index (χ0n) is 44.2. The van der Waals surface area contributed by atoms with Crippen molar-refractivity contribution in [2.75, 3.05) is 9.44 Å². The zero-order valence-corrected chi connectivity index (χ0v) is 49.1. The van der Waals surface area contributed by atoms with Crippen molar-refractivity contribution in [3.8, 4) is 53.7 Å². The van der Waals surface area contributed by atoms with Crippen molar-refractivity contribution in [3.63, 3.8) is 0 Å². The first kappa shape index (κ1) is 58.2. The van der Waals surface area contributed by atoms with Crippen molar-refractivity contribution in [1.82, 2.24) is 29.5 Å². The van der Waals surface area contributed by atoms with Crippen LogP contribution in [0.15, 0.2) is 106 Å². The zero-order chi connectivity index (χ0) is 59.1. The van der Waals surface area contributed by atoms with E-state index in [0.29, 0.717) is 79.7 Å². The average molecular weight is 1250 g/mol. The van der Waals surface area contributed by atoms with E-state index in [2.05, 4.69) is 9.97 Å². The Kier molecular flexibility index (Phi) is 17.0. The Morgan fingerprint density at radius 2 is 1.08 bits per heavy atom. The SMILES string of the molecule is Cc1csc(-c2cc(-c3c(Cc4ccc(NS(=O)[O-])c(F)c4)c(CC4CC4)nn3-c3nc(C(=O)O)cs3)ccc2F)c1.Cc1csc(-c2cc(-c3nn(-c4nc(C(=O)O)cs4)c(CC4CC4)c3Cc3ccc(NS(=O)[O-])c(F)c3)ccc2F)c1. The van der Waals surface area contributed by atoms with E-state index < -0.39 is 46.1 Å². The Hall–Kier alpha value is -7.56. The van der Waals surface area contributed by atoms with Crippen LogP contribution >= 0.6 is 45.3 Å². The van der Waals surface area contributed by atoms with E-state index in [4.69, 9.17) is 10.2 Å². The number of hydrogen-bond acceptors (Lipinski definition) is 14. The minimum Gasteiger partial charge on any atom is -0.755 e. The highest BCUT2D eigenvalue weighted by molar-refractivity contribution is 7.80. The van der Waals surface area contributed by atoms with Gasteiger partial charge < -0.3 is 28.8 Å². The fourth-order valence-electron chi connectivity index (χ4n) is 9.62. The molecule has 0 spiro atoms. The third kappa shape index (κ3) is 13.2. The normalized spacial score (nSPS) is 13.8. The molecule has 0 radical (unpaired) electrons. The molecular weight excluding hydrogens is 1210 g/mol. The summed E-state index contributed by atoms with van der Waals surface area (Å²) in [5.74, 6) is -3.65. The molecule has 432 valence electrons. The first-order valence-corrected chi connectivity index (χ1v) is 31.6. The molecule has 6 heterocycles. The molecule has 6 aromatic heterocycles. The topological polar surface area (TPSA) is 240 Å². The number of thiophene rings is 2. The maximum absolute atomic E-state index is 15.1. The van der Waals surface area contributed by atoms with E-state index in [9.17, 15) is 46.1 Å². The molecule has 0 amide bonds. The van der Waals surface area contributed by atoms with E-state index in [-0.39, 0.29) is 47.2 Å². The summed E-state index contributed by atoms with van der Waals surface area (Å²) in [6, 6.07) is 22.0. The lowest BCUT2D eigenvalue weighted by atomic mass is 9.95. The van der Waals surface area contributed by atoms with Gasteiger partial charge in [-0.3, -0.25) is 8.42 Å². The van der Waals surface area contributed by atoms with Crippen LogP contribution in [0.1, 0.15) is 91.4 Å². The predicted molar refractivity (Wildman–Crippen MR) is 316 cm³/mol. The van der Waals surface area contributed by atoms with Crippen molar-refractivity contribution in [3.05, 3.63) is 186 Å². The Labute approximate surface area is 498 Å². The predicted octanol–water partition coefficient (Wildman–Crippen LogP) is 13.5. The van der Waals surface area contributed by atoms with Crippen LogP contribution in [0.25, 0.3) is 53.7 Å². The second-order valence-corrected chi connectivity index (χ2v) is 25.2. The molecule has 0 bridgehead atoms. The van der Waals surface area contributed by atoms with Gasteiger partial charge in [0, 0.05) is 89.3 Å². The fourth-order valence-corrected chi connectivity index (χ4v) is 13.7. The van der Waals surface area contributed by atoms with Gasteiger partial charge in [-0.15, -0.1) is 45.3 Å². The molecule has 2 unspecified atom stereocenters. The van der Waals surface area contributed by atoms with Crippen LogP contribution in [0.5, 0.6) is 0 Å². The molecule has 0 saturated heterocycles. The molecule has 2 aliphatic rings. The number of thiazole rings is 2. The van der Waals surface area contributed by atoms with Crippen LogP contribution in [0.3, 0.4) is 0 Å². The fraction of sp³-hybridized carbons (Fsp3) is 0.207. The van der Waals surface area contributed by atoms with Crippen molar-refractivity contribution >= 4 is 91.2 Å². The number of rotatable bonds is 20. The Bertz CT molecular complexity index is 4150. The third-order valence-electron chi connectivity index (χ3n) is 14.0. The molecular formula is C58H46F4N8O8S6-2. The Morgan fingerprint density at radius 3 is 1.55 bits per heavy atom. The number of hydrogen-bond donors (Lipinski definition) is 4. The molecule has 2 aliphatic carbocycles. The Balaban J connectivity index is 0.000000175. The standard InChI is InChI=1S/2C29H24F2N4O4S3/c1-15-8-26(40-13-15)19-12-18(5-6-21(19)30)27-20(9-17-4-7-23(22(31)10-17)34-42(38)39)25(11-16-2-3-16)35(33-27)29-32-24(14-41-29)28(36)37;1-15-8-26(40-13-15)19-12-18(5-6-21(19)30)27-20(9-17-4-7-23(22(31)10-17)34-42(38)39)24(11-16-2-3-16)33-35(27)29-32-25(14-41-29)28(36)37/h2*4-8,10,12-14,16,34H,2-3,9,11H2,1H3,(H,36,37)(H,38,39)/p-2. The number of halogens is 4. The van der Waals surface area contributed by atoms with Gasteiger partial charge in [0.25, 0.3) is 0 Å². The van der Waals surface area contributed by atoms with Gasteiger partial charge in [0.2, 0.25) is 10.3 Å². The van der Waals surface area contributed by atoms with E-state index >= 15 is 8.78 Å². The summed E-state index contributed by atoms with van der Waals surface area (Å²) in [6.07, 6.45) is 6.01. The Morgan fingerprint density at radius 1 is 0.595 bits per heavy atom. The van der Waals surface area contributed by atoms with Crippen LogP contribution in [0.2, 0.25) is 0 Å². The second-order valence-electron chi connectivity index (χ2n) is 20.3. The van der Waals surface area contributed by atoms with Gasteiger partial charge in [0.05, 0.1) is 34.2 Å². The van der Waals surface area contributed by atoms with Gasteiger partial charge in [-0.2, -0.15) is 10.2 Å². The molecule has 10 aromatic rings. The highest BCUT2D eigenvalue weighted by atomic mass is 32.2. The highest BCUT2D eigenvalue weighted by Gasteiger charge is 2.32. The van der Waals surface area contributed by atoms with E-state index in [1.807, 2.05) is 46.2 Å². The summed E-state index contributed by atoms with van der Waals surface area (Å²) in [6.45, 7) is 3.88. The maximum atomic E-state index is 15.1. The number of carbonyl (C=O) groups is 2. The summed E-state index contributed by atoms with van der Waals surface area (Å²) in [5, 5.41) is 36.3. The minimum atomic E-state index is -2.67. The number of carboxylic acids is 2. The van der Waals surface area contributed by atoms with Crippen molar-refractivity contribution in [2.45, 2.75) is 65.2 Å². The summed E-state index contributed by atoms with van der Waals surface area (Å²) in [5.41, 5.74) is 9.11. The van der Waals surface area contributed by atoms with E-state index in [1.165, 1.54) is 69.8 Å². The van der Waals surface area contributed by atoms with Gasteiger partial charge in [-0.25, -0.2) is 46.5 Å². The van der Waals surface area contributed by atoms with Crippen LogP contribution in [0, 0.1) is 49.0 Å². The molecule has 2 fully saturated rings. The van der Waals surface area contributed by atoms with Crippen LogP contribution < -0.4 is 9.44 Å². The largest absolute Gasteiger partial charge is 0.755 e. The number of aromatic carboxylic acids is 2. The van der Waals surface area contributed by atoms with Gasteiger partial charge >= 0.3 is 11.9 Å². The van der Waals surface area contributed by atoms with Gasteiger partial charge in [-0.05, 0) is 170 Å². The molecule has 26 heteroatoms. The lowest BCUT2D eigenvalue weighted by Gasteiger charge is -2.13. The molecule has 2 atom stereocenters. The second kappa shape index (κ2) is 24.6. The number of nitrogens with zero attached hydrogens (tertiary/aromatic N) is 6. The monoisotopic (exact) mass is 1250 g/mol. The highest BCUT2D eigenvalue weighted by Crippen LogP contribution is 2.43. The first-order chi connectivity index (χ1) is 40.3. The number of anilines is 2.